The smallest absolute Gasteiger partial charge is 0.324 e. The maximum Gasteiger partial charge on any atom is 0.324 e. The number of rotatable bonds is 4. The number of carbonyl (C=O) groups is 2. The van der Waals surface area contributed by atoms with E-state index in [4.69, 9.17) is 9.47 Å². The number of nitro groups is 1. The molecule has 1 atom stereocenters. The first-order valence-electron chi connectivity index (χ1n) is 6.84. The van der Waals surface area contributed by atoms with Crippen LogP contribution in [0.2, 0.25) is 0 Å². The predicted molar refractivity (Wildman–Crippen MR) is 75.5 cm³/mol. The van der Waals surface area contributed by atoms with Crippen LogP contribution in [0.3, 0.4) is 0 Å². The minimum absolute atomic E-state index is 0.529. The first kappa shape index (κ1) is 15.9. The Hall–Kier alpha value is -2.44. The molecule has 2 rings (SSSR count). The molecule has 0 N–H and O–H groups in total. The van der Waals surface area contributed by atoms with E-state index in [0.29, 0.717) is 5.56 Å². The quantitative estimate of drug-likeness (QED) is 0.364. The molecule has 7 nitrogen and oxygen atoms in total. The van der Waals surface area contributed by atoms with E-state index in [0.717, 1.165) is 5.56 Å². The summed E-state index contributed by atoms with van der Waals surface area (Å²) in [5.41, 5.74) is 1.50. The van der Waals surface area contributed by atoms with E-state index in [2.05, 4.69) is 0 Å². The average Bonchev–Trinajstić information content (AvgIpc) is 2.35. The molecule has 1 heterocycles. The highest BCUT2D eigenvalue weighted by molar-refractivity contribution is 5.97. The molecule has 1 aromatic carbocycles. The number of ether oxygens (including phenoxy) is 2. The van der Waals surface area contributed by atoms with Gasteiger partial charge in [-0.05, 0) is 12.5 Å². The molecule has 22 heavy (non-hydrogen) atoms. The lowest BCUT2D eigenvalue weighted by Gasteiger charge is -2.35. The Kier molecular flexibility index (Phi) is 4.16. The predicted octanol–water partition coefficient (Wildman–Crippen LogP) is 1.81. The van der Waals surface area contributed by atoms with E-state index in [1.165, 1.54) is 13.8 Å². The lowest BCUT2D eigenvalue weighted by atomic mass is 9.85. The highest BCUT2D eigenvalue weighted by Crippen LogP contribution is 2.33. The van der Waals surface area contributed by atoms with Crippen molar-refractivity contribution in [2.24, 2.45) is 5.92 Å². The first-order valence-corrected chi connectivity index (χ1v) is 6.84. The monoisotopic (exact) mass is 307 g/mol. The molecule has 1 saturated heterocycles. The van der Waals surface area contributed by atoms with E-state index in [9.17, 15) is 19.7 Å². The van der Waals surface area contributed by atoms with Gasteiger partial charge < -0.3 is 9.47 Å². The van der Waals surface area contributed by atoms with Crippen LogP contribution in [0, 0.1) is 23.0 Å². The summed E-state index contributed by atoms with van der Waals surface area (Å²) < 4.78 is 10.1. The largest absolute Gasteiger partial charge is 0.422 e. The molecule has 0 aliphatic carbocycles. The third kappa shape index (κ3) is 3.41. The molecule has 1 unspecified atom stereocenters. The molecule has 0 radical (unpaired) electrons. The van der Waals surface area contributed by atoms with Crippen molar-refractivity contribution in [3.05, 3.63) is 45.5 Å². The van der Waals surface area contributed by atoms with Gasteiger partial charge in [0.25, 0.3) is 5.79 Å². The van der Waals surface area contributed by atoms with Crippen LogP contribution in [0.25, 0.3) is 0 Å². The lowest BCUT2D eigenvalue weighted by molar-refractivity contribution is -0.484. The van der Waals surface area contributed by atoms with Gasteiger partial charge in [0.1, 0.15) is 0 Å². The summed E-state index contributed by atoms with van der Waals surface area (Å²) in [6.45, 7) is 4.19. The summed E-state index contributed by atoms with van der Waals surface area (Å²) in [4.78, 5) is 34.7. The highest BCUT2D eigenvalue weighted by atomic mass is 16.7. The van der Waals surface area contributed by atoms with Gasteiger partial charge in [0.05, 0.1) is 5.92 Å². The van der Waals surface area contributed by atoms with Crippen molar-refractivity contribution in [1.82, 2.24) is 0 Å². The summed E-state index contributed by atoms with van der Waals surface area (Å²) in [6, 6.07) is 6.88. The van der Waals surface area contributed by atoms with Crippen molar-refractivity contribution in [2.45, 2.75) is 32.5 Å². The number of esters is 2. The topological polar surface area (TPSA) is 95.7 Å². The summed E-state index contributed by atoms with van der Waals surface area (Å²) in [7, 11) is 0. The molecule has 0 saturated carbocycles. The van der Waals surface area contributed by atoms with E-state index in [1.807, 2.05) is 6.92 Å². The van der Waals surface area contributed by atoms with Gasteiger partial charge in [-0.2, -0.15) is 0 Å². The lowest BCUT2D eigenvalue weighted by Crippen LogP contribution is -2.49. The molecular formula is C15H17NO6. The molecule has 1 aromatic rings. The van der Waals surface area contributed by atoms with E-state index < -0.39 is 41.0 Å². The number of hydrogen-bond donors (Lipinski definition) is 0. The normalized spacial score (nSPS) is 19.2. The fourth-order valence-corrected chi connectivity index (χ4v) is 2.43. The molecule has 0 aromatic heterocycles. The Balaban J connectivity index is 2.37. The minimum Gasteiger partial charge on any atom is -0.422 e. The van der Waals surface area contributed by atoms with E-state index >= 15 is 0 Å². The second kappa shape index (κ2) is 5.75. The number of hydrogen-bond acceptors (Lipinski definition) is 6. The van der Waals surface area contributed by atoms with Gasteiger partial charge in [-0.3, -0.25) is 19.7 Å². The number of nitrogens with zero attached hydrogens (tertiary/aromatic N) is 1. The number of cyclic esters (lactones) is 2. The fourth-order valence-electron chi connectivity index (χ4n) is 2.43. The standard InChI is InChI=1S/C15H17NO6/c1-9-4-6-10(7-5-9)11(8-16(19)20)12-13(17)21-15(2,3)22-14(12)18/h4-7,11-12H,8H2,1-3H3. The van der Waals surface area contributed by atoms with Crippen LogP contribution in [0.1, 0.15) is 30.9 Å². The zero-order valence-electron chi connectivity index (χ0n) is 12.6. The van der Waals surface area contributed by atoms with Gasteiger partial charge in [-0.15, -0.1) is 0 Å². The second-order valence-electron chi connectivity index (χ2n) is 5.75. The van der Waals surface area contributed by atoms with Crippen molar-refractivity contribution in [1.29, 1.82) is 0 Å². The maximum absolute atomic E-state index is 12.1. The average molecular weight is 307 g/mol. The molecule has 7 heteroatoms. The Morgan fingerprint density at radius 3 is 2.14 bits per heavy atom. The van der Waals surface area contributed by atoms with Crippen molar-refractivity contribution in [3.8, 4) is 0 Å². The second-order valence-corrected chi connectivity index (χ2v) is 5.75. The SMILES string of the molecule is Cc1ccc(C(C[N+](=O)[O-])C2C(=O)OC(C)(C)OC2=O)cc1. The third-order valence-corrected chi connectivity index (χ3v) is 3.45. The van der Waals surface area contributed by atoms with E-state index in [-0.39, 0.29) is 0 Å². The Morgan fingerprint density at radius 2 is 1.68 bits per heavy atom. The number of benzene rings is 1. The Labute approximate surface area is 127 Å². The minimum atomic E-state index is -1.35. The molecule has 0 bridgehead atoms. The molecule has 1 fully saturated rings. The summed E-state index contributed by atoms with van der Waals surface area (Å²) >= 11 is 0. The van der Waals surface area contributed by atoms with Crippen LogP contribution < -0.4 is 0 Å². The van der Waals surface area contributed by atoms with Gasteiger partial charge in [-0.25, -0.2) is 0 Å². The van der Waals surface area contributed by atoms with Gasteiger partial charge in [0.2, 0.25) is 6.54 Å². The van der Waals surface area contributed by atoms with Gasteiger partial charge in [0.15, 0.2) is 5.92 Å². The van der Waals surface area contributed by atoms with Gasteiger partial charge >= 0.3 is 11.9 Å². The van der Waals surface area contributed by atoms with Crippen LogP contribution in [0.5, 0.6) is 0 Å². The zero-order chi connectivity index (χ0) is 16.5. The van der Waals surface area contributed by atoms with Gasteiger partial charge in [0, 0.05) is 18.8 Å². The van der Waals surface area contributed by atoms with Crippen LogP contribution in [-0.4, -0.2) is 29.2 Å². The summed E-state index contributed by atoms with van der Waals surface area (Å²) in [5, 5.41) is 10.9. The number of aryl methyl sites for hydroxylation is 1. The Bertz CT molecular complexity index is 587. The highest BCUT2D eigenvalue weighted by Gasteiger charge is 2.49. The van der Waals surface area contributed by atoms with E-state index in [1.54, 1.807) is 24.3 Å². The molecule has 118 valence electrons. The summed E-state index contributed by atoms with van der Waals surface area (Å²) in [6.07, 6.45) is 0. The van der Waals surface area contributed by atoms with Crippen molar-refractivity contribution in [3.63, 3.8) is 0 Å². The molecule has 1 aliphatic rings. The van der Waals surface area contributed by atoms with Crippen LogP contribution in [0.15, 0.2) is 24.3 Å². The van der Waals surface area contributed by atoms with Crippen molar-refractivity contribution < 1.29 is 24.0 Å². The zero-order valence-corrected chi connectivity index (χ0v) is 12.6. The Morgan fingerprint density at radius 1 is 1.18 bits per heavy atom. The summed E-state index contributed by atoms with van der Waals surface area (Å²) in [5.74, 6) is -5.20. The molecular weight excluding hydrogens is 290 g/mol. The van der Waals surface area contributed by atoms with Gasteiger partial charge in [-0.1, -0.05) is 29.8 Å². The van der Waals surface area contributed by atoms with Crippen LogP contribution in [0.4, 0.5) is 0 Å². The van der Waals surface area contributed by atoms with Crippen LogP contribution >= 0.6 is 0 Å². The molecule has 1 aliphatic heterocycles. The maximum atomic E-state index is 12.1. The van der Waals surface area contributed by atoms with Crippen molar-refractivity contribution in [2.75, 3.05) is 6.54 Å². The first-order chi connectivity index (χ1) is 10.2. The third-order valence-electron chi connectivity index (χ3n) is 3.45. The van der Waals surface area contributed by atoms with Crippen LogP contribution in [-0.2, 0) is 19.1 Å². The molecule has 0 amide bonds. The van der Waals surface area contributed by atoms with Crippen molar-refractivity contribution >= 4 is 11.9 Å². The fraction of sp³-hybridized carbons (Fsp3) is 0.467. The molecule has 0 spiro atoms. The number of carbonyl (C=O) groups excluding carboxylic acids is 2.